The minimum Gasteiger partial charge on any atom is -0.429 e. The number of hydrogen-bond donors (Lipinski definition) is 4. The highest BCUT2D eigenvalue weighted by atomic mass is 32.2. The van der Waals surface area contributed by atoms with Crippen LogP contribution in [0.1, 0.15) is 0 Å². The minimum atomic E-state index is -2.46. The van der Waals surface area contributed by atoms with E-state index in [1.54, 1.807) is 0 Å². The Hall–Kier alpha value is -3.43. The average molecular weight is 464 g/mol. The van der Waals surface area contributed by atoms with Gasteiger partial charge in [-0.15, -0.1) is 0 Å². The third kappa shape index (κ3) is 3.27. The van der Waals surface area contributed by atoms with E-state index < -0.39 is 85.2 Å². The standard InChI is InChI=1S/C14H7F9N5OS/c15-3-4(16)8(20)13(9(21)5(3)17)29-2-1-30(27-28(25)26-2)14-10(22)6(18)12(24)7(19)11(14)23/h1,26-27H,24-25H2/q+1. The molecule has 0 saturated carbocycles. The topological polar surface area (TPSA) is 97.8 Å². The summed E-state index contributed by atoms with van der Waals surface area (Å²) in [6.45, 7) is 0. The summed E-state index contributed by atoms with van der Waals surface area (Å²) in [7, 11) is -2.21. The van der Waals surface area contributed by atoms with Crippen molar-refractivity contribution in [3.05, 3.63) is 57.7 Å². The van der Waals surface area contributed by atoms with Crippen LogP contribution in [0.2, 0.25) is 0 Å². The van der Waals surface area contributed by atoms with Crippen molar-refractivity contribution in [3.8, 4) is 16.5 Å². The normalized spacial score (nSPS) is 11.7. The van der Waals surface area contributed by atoms with Crippen LogP contribution < -0.4 is 16.3 Å². The van der Waals surface area contributed by atoms with Crippen LogP contribution in [0, 0.1) is 52.4 Å². The quantitative estimate of drug-likeness (QED) is 0.116. The number of nitrogen functional groups attached to an aromatic ring is 2. The molecule has 162 valence electrons. The van der Waals surface area contributed by atoms with Crippen LogP contribution in [0.4, 0.5) is 45.2 Å². The molecule has 3 rings (SSSR count). The van der Waals surface area contributed by atoms with Crippen LogP contribution in [-0.4, -0.2) is 14.5 Å². The van der Waals surface area contributed by atoms with E-state index in [9.17, 15) is 39.5 Å². The highest BCUT2D eigenvalue weighted by molar-refractivity contribution is 7.33. The van der Waals surface area contributed by atoms with Gasteiger partial charge in [0.1, 0.15) is 16.4 Å². The van der Waals surface area contributed by atoms with Crippen LogP contribution in [-0.2, 0) is 0 Å². The van der Waals surface area contributed by atoms with Crippen LogP contribution in [0.25, 0.3) is 4.90 Å². The Bertz CT molecular complexity index is 1150. The lowest BCUT2D eigenvalue weighted by Crippen LogP contribution is -2.17. The second kappa shape index (κ2) is 7.43. The van der Waals surface area contributed by atoms with Gasteiger partial charge in [-0.1, -0.05) is 9.39 Å². The first-order valence-corrected chi connectivity index (χ1v) is 8.57. The van der Waals surface area contributed by atoms with E-state index in [0.717, 1.165) is 0 Å². The van der Waals surface area contributed by atoms with E-state index in [2.05, 4.69) is 9.23 Å². The molecule has 0 saturated heterocycles. The summed E-state index contributed by atoms with van der Waals surface area (Å²) in [5, 5.41) is 2.55. The first kappa shape index (κ1) is 21.3. The number of halogens is 9. The summed E-state index contributed by atoms with van der Waals surface area (Å²) in [4.78, 5) is -0.995. The molecule has 2 aromatic carbocycles. The molecule has 0 spiro atoms. The number of anilines is 1. The molecule has 0 aliphatic rings. The van der Waals surface area contributed by atoms with Crippen molar-refractivity contribution in [2.75, 3.05) is 11.6 Å². The molecule has 1 atom stereocenters. The van der Waals surface area contributed by atoms with Crippen molar-refractivity contribution < 1.29 is 44.3 Å². The van der Waals surface area contributed by atoms with Crippen molar-refractivity contribution in [1.82, 2.24) is 14.5 Å². The lowest BCUT2D eigenvalue weighted by Gasteiger charge is -2.10. The Morgan fingerprint density at radius 1 is 0.733 bits per heavy atom. The Morgan fingerprint density at radius 3 is 1.70 bits per heavy atom. The van der Waals surface area contributed by atoms with Crippen molar-refractivity contribution in [3.63, 3.8) is 0 Å². The molecule has 0 radical (unpaired) electrons. The summed E-state index contributed by atoms with van der Waals surface area (Å²) in [5.74, 6) is -16.9. The smallest absolute Gasteiger partial charge is 0.279 e. The number of hydrogen-bond acceptors (Lipinski definition) is 3. The SMILES string of the molecule is Nc1c(F)c(F)c(-[s+]2cc(Oc3c(F)c(F)c(F)c(F)c3F)[nH]n(N)[nH]2)c(F)c1F. The highest BCUT2D eigenvalue weighted by Crippen LogP contribution is 2.39. The third-order valence-corrected chi connectivity index (χ3v) is 5.15. The summed E-state index contributed by atoms with van der Waals surface area (Å²) < 4.78 is 130. The van der Waals surface area contributed by atoms with Gasteiger partial charge in [-0.3, -0.25) is 0 Å². The molecule has 0 aliphatic carbocycles. The highest BCUT2D eigenvalue weighted by Gasteiger charge is 2.33. The van der Waals surface area contributed by atoms with Crippen LogP contribution in [0.3, 0.4) is 0 Å². The summed E-state index contributed by atoms with van der Waals surface area (Å²) in [6, 6.07) is 0. The Morgan fingerprint density at radius 2 is 1.20 bits per heavy atom. The van der Waals surface area contributed by atoms with E-state index >= 15 is 0 Å². The fraction of sp³-hybridized carbons (Fsp3) is 0. The van der Waals surface area contributed by atoms with E-state index in [1.165, 1.54) is 0 Å². The van der Waals surface area contributed by atoms with E-state index in [-0.39, 0.29) is 4.91 Å². The summed E-state index contributed by atoms with van der Waals surface area (Å²) >= 11 is 0. The lowest BCUT2D eigenvalue weighted by atomic mass is 10.2. The maximum Gasteiger partial charge on any atom is 0.279 e. The number of aromatic amines is 2. The fourth-order valence-corrected chi connectivity index (χ4v) is 3.56. The number of aromatic nitrogens is 3. The molecule has 16 heteroatoms. The number of nitrogens with two attached hydrogens (primary N) is 2. The van der Waals surface area contributed by atoms with Gasteiger partial charge in [0, 0.05) is 0 Å². The zero-order valence-corrected chi connectivity index (χ0v) is 14.7. The van der Waals surface area contributed by atoms with Gasteiger partial charge < -0.3 is 16.3 Å². The number of nitrogens with one attached hydrogen (secondary N) is 2. The molecule has 3 aromatic rings. The van der Waals surface area contributed by atoms with E-state index in [1.807, 2.05) is 5.10 Å². The largest absolute Gasteiger partial charge is 0.429 e. The lowest BCUT2D eigenvalue weighted by molar-refractivity contribution is 0.324. The summed E-state index contributed by atoms with van der Waals surface area (Å²) in [5.41, 5.74) is 3.45. The average Bonchev–Trinajstić information content (AvgIpc) is 2.71. The first-order chi connectivity index (χ1) is 14.0. The zero-order chi connectivity index (χ0) is 22.5. The van der Waals surface area contributed by atoms with Crippen molar-refractivity contribution in [1.29, 1.82) is 0 Å². The van der Waals surface area contributed by atoms with Gasteiger partial charge in [0.25, 0.3) is 10.8 Å². The Balaban J connectivity index is 2.19. The monoisotopic (exact) mass is 464 g/mol. The minimum absolute atomic E-state index is 0.287. The van der Waals surface area contributed by atoms with Gasteiger partial charge in [-0.25, -0.2) is 27.1 Å². The van der Waals surface area contributed by atoms with Gasteiger partial charge >= 0.3 is 0 Å². The van der Waals surface area contributed by atoms with E-state index in [4.69, 9.17) is 11.6 Å². The number of benzene rings is 2. The van der Waals surface area contributed by atoms with Crippen molar-refractivity contribution in [2.45, 2.75) is 0 Å². The molecule has 0 fully saturated rings. The van der Waals surface area contributed by atoms with Crippen molar-refractivity contribution >= 4 is 16.4 Å². The molecule has 1 heterocycles. The van der Waals surface area contributed by atoms with Gasteiger partial charge in [0.05, 0.1) is 0 Å². The van der Waals surface area contributed by atoms with Gasteiger partial charge in [0.15, 0.2) is 11.6 Å². The second-order valence-corrected chi connectivity index (χ2v) is 6.89. The first-order valence-electron chi connectivity index (χ1n) is 7.29. The zero-order valence-electron chi connectivity index (χ0n) is 13.9. The maximum absolute atomic E-state index is 14.1. The Labute approximate surface area is 161 Å². The molecular weight excluding hydrogens is 457 g/mol. The van der Waals surface area contributed by atoms with Crippen LogP contribution in [0.5, 0.6) is 11.6 Å². The van der Waals surface area contributed by atoms with E-state index in [0.29, 0.717) is 5.38 Å². The summed E-state index contributed by atoms with van der Waals surface area (Å²) in [6.07, 6.45) is 0. The van der Waals surface area contributed by atoms with Gasteiger partial charge in [-0.2, -0.15) is 17.6 Å². The molecule has 0 aliphatic heterocycles. The molecule has 6 N–H and O–H groups in total. The Kier molecular flexibility index (Phi) is 5.27. The third-order valence-electron chi connectivity index (χ3n) is 3.51. The van der Waals surface area contributed by atoms with Gasteiger partial charge in [0.2, 0.25) is 51.9 Å². The van der Waals surface area contributed by atoms with Crippen LogP contribution >= 0.6 is 10.7 Å². The molecular formula is C14H7F9N5OS+. The molecule has 0 bridgehead atoms. The molecule has 6 nitrogen and oxygen atoms in total. The van der Waals surface area contributed by atoms with Gasteiger partial charge in [-0.05, 0) is 0 Å². The number of nitrogens with zero attached hydrogens (tertiary/aromatic N) is 1. The number of rotatable bonds is 3. The predicted octanol–water partition coefficient (Wildman–Crippen LogP) is 4.35. The van der Waals surface area contributed by atoms with Crippen molar-refractivity contribution in [2.24, 2.45) is 0 Å². The fourth-order valence-electron chi connectivity index (χ4n) is 2.16. The molecule has 30 heavy (non-hydrogen) atoms. The maximum atomic E-state index is 14.1. The molecule has 1 unspecified atom stereocenters. The van der Waals surface area contributed by atoms with Crippen LogP contribution in [0.15, 0.2) is 5.38 Å². The second-order valence-electron chi connectivity index (χ2n) is 5.39. The predicted molar refractivity (Wildman–Crippen MR) is 85.3 cm³/mol. The molecule has 0 amide bonds. The molecule has 1 aromatic heterocycles. The number of H-pyrrole nitrogens is 2. The number of ether oxygens (including phenoxy) is 1.